The maximum atomic E-state index is 13.2. The predicted octanol–water partition coefficient (Wildman–Crippen LogP) is 0.558. The molecule has 2 aromatic heterocycles. The van der Waals surface area contributed by atoms with Crippen LogP contribution in [0, 0.1) is 0 Å². The third-order valence-corrected chi connectivity index (χ3v) is 5.27. The normalized spacial score (nSPS) is 14.4. The molecule has 0 unspecified atom stereocenters. The minimum Gasteiger partial charge on any atom is -0.297 e. The quantitative estimate of drug-likeness (QED) is 0.685. The predicted molar refractivity (Wildman–Crippen MR) is 106 cm³/mol. The Kier molecular flexibility index (Phi) is 4.03. The molecule has 0 aliphatic heterocycles. The van der Waals surface area contributed by atoms with Gasteiger partial charge in [0.05, 0.1) is 23.0 Å². The van der Waals surface area contributed by atoms with Gasteiger partial charge in [-0.25, -0.2) is 17.8 Å². The molecule has 4 rings (SSSR count). The molecule has 1 aliphatic rings. The van der Waals surface area contributed by atoms with Crippen LogP contribution in [0.15, 0.2) is 50.8 Å². The van der Waals surface area contributed by atoms with E-state index in [4.69, 9.17) is 0 Å². The van der Waals surface area contributed by atoms with Crippen molar-refractivity contribution in [3.05, 3.63) is 67.6 Å². The van der Waals surface area contributed by atoms with Gasteiger partial charge in [0.1, 0.15) is 5.65 Å². The zero-order valence-corrected chi connectivity index (χ0v) is 16.1. The third kappa shape index (κ3) is 3.05. The van der Waals surface area contributed by atoms with Gasteiger partial charge < -0.3 is 0 Å². The highest BCUT2D eigenvalue weighted by Crippen LogP contribution is 2.32. The van der Waals surface area contributed by atoms with Crippen molar-refractivity contribution in [3.63, 3.8) is 0 Å². The number of nitrogens with one attached hydrogen (secondary N) is 1. The first-order chi connectivity index (χ1) is 13.2. The topological polar surface area (TPSA) is 112 Å². The number of sulfonamides is 1. The number of nitrogens with zero attached hydrogens (tertiary/aromatic N) is 3. The molecule has 2 heterocycles. The van der Waals surface area contributed by atoms with E-state index in [1.54, 1.807) is 18.2 Å². The molecule has 9 nitrogen and oxygen atoms in total. The molecule has 1 fully saturated rings. The molecule has 1 N–H and O–H groups in total. The molecule has 146 valence electrons. The van der Waals surface area contributed by atoms with Crippen molar-refractivity contribution in [3.8, 4) is 5.69 Å². The Labute approximate surface area is 159 Å². The highest BCUT2D eigenvalue weighted by atomic mass is 32.2. The molecule has 1 saturated carbocycles. The Bertz CT molecular complexity index is 1390. The van der Waals surface area contributed by atoms with E-state index in [0.717, 1.165) is 19.1 Å². The van der Waals surface area contributed by atoms with Gasteiger partial charge in [0, 0.05) is 19.2 Å². The first-order valence-electron chi connectivity index (χ1n) is 8.63. The number of pyridine rings is 1. The van der Waals surface area contributed by atoms with Crippen LogP contribution in [0.4, 0.5) is 5.69 Å². The molecular weight excluding hydrogens is 384 g/mol. The van der Waals surface area contributed by atoms with Crippen LogP contribution in [-0.2, 0) is 17.1 Å². The number of hydrogen-bond acceptors (Lipinski definition) is 5. The minimum atomic E-state index is -3.51. The fourth-order valence-corrected chi connectivity index (χ4v) is 3.84. The second-order valence-electron chi connectivity index (χ2n) is 6.92. The number of fused-ring (bicyclic) bond motifs is 1. The van der Waals surface area contributed by atoms with Gasteiger partial charge in [0.25, 0.3) is 11.1 Å². The van der Waals surface area contributed by atoms with Crippen LogP contribution in [-0.4, -0.2) is 28.4 Å². The molecule has 1 aliphatic carbocycles. The monoisotopic (exact) mass is 402 g/mol. The van der Waals surface area contributed by atoms with E-state index in [9.17, 15) is 22.8 Å². The lowest BCUT2D eigenvalue weighted by Crippen LogP contribution is -2.41. The maximum Gasteiger partial charge on any atom is 0.337 e. The molecule has 3 aromatic rings. The number of benzene rings is 1. The Morgan fingerprint density at radius 1 is 1.07 bits per heavy atom. The van der Waals surface area contributed by atoms with Gasteiger partial charge in [0.2, 0.25) is 10.0 Å². The second kappa shape index (κ2) is 6.20. The van der Waals surface area contributed by atoms with Crippen LogP contribution in [0.3, 0.4) is 0 Å². The van der Waals surface area contributed by atoms with E-state index < -0.39 is 21.3 Å². The van der Waals surface area contributed by atoms with E-state index in [1.807, 2.05) is 0 Å². The summed E-state index contributed by atoms with van der Waals surface area (Å²) in [6.45, 7) is 0. The first-order valence-corrected chi connectivity index (χ1v) is 10.5. The van der Waals surface area contributed by atoms with E-state index in [2.05, 4.69) is 4.72 Å². The van der Waals surface area contributed by atoms with Crippen molar-refractivity contribution < 1.29 is 8.42 Å². The summed E-state index contributed by atoms with van der Waals surface area (Å²) >= 11 is 0. The number of hydrogen-bond donors (Lipinski definition) is 1. The summed E-state index contributed by atoms with van der Waals surface area (Å²) in [5.74, 6) is 0. The van der Waals surface area contributed by atoms with Crippen LogP contribution in [0.25, 0.3) is 16.7 Å². The van der Waals surface area contributed by atoms with E-state index in [0.29, 0.717) is 5.69 Å². The Hall–Kier alpha value is -3.14. The smallest absolute Gasteiger partial charge is 0.297 e. The summed E-state index contributed by atoms with van der Waals surface area (Å²) in [6.07, 6.45) is 2.50. The molecule has 10 heteroatoms. The molecule has 0 atom stereocenters. The third-order valence-electron chi connectivity index (χ3n) is 4.66. The van der Waals surface area contributed by atoms with Crippen LogP contribution >= 0.6 is 0 Å². The zero-order chi connectivity index (χ0) is 20.2. The van der Waals surface area contributed by atoms with Crippen molar-refractivity contribution in [2.45, 2.75) is 18.9 Å². The number of aryl methyl sites for hydroxylation is 1. The Morgan fingerprint density at radius 2 is 1.79 bits per heavy atom. The Balaban J connectivity index is 2.11. The first kappa shape index (κ1) is 18.2. The summed E-state index contributed by atoms with van der Waals surface area (Å²) < 4.78 is 29.2. The molecule has 0 bridgehead atoms. The summed E-state index contributed by atoms with van der Waals surface area (Å²) in [6, 6.07) is 8.80. The zero-order valence-electron chi connectivity index (χ0n) is 15.2. The standard InChI is InChI=1S/C18H18N4O5S/c1-20-15(23)9-8-14-16(20)21(18(25)22(17(14)24)12-6-7-12)13-5-3-4-11(10-13)19-28(2,26)27/h3-5,8-10,12,19H,6-7H2,1-2H3. The molecule has 0 saturated heterocycles. The van der Waals surface area contributed by atoms with Gasteiger partial charge in [-0.1, -0.05) is 6.07 Å². The molecule has 0 radical (unpaired) electrons. The molecule has 0 spiro atoms. The van der Waals surface area contributed by atoms with Gasteiger partial charge in [-0.3, -0.25) is 23.4 Å². The largest absolute Gasteiger partial charge is 0.337 e. The van der Waals surface area contributed by atoms with E-state index in [-0.39, 0.29) is 28.3 Å². The van der Waals surface area contributed by atoms with Crippen molar-refractivity contribution in [1.82, 2.24) is 13.7 Å². The fourth-order valence-electron chi connectivity index (χ4n) is 3.29. The molecule has 28 heavy (non-hydrogen) atoms. The van der Waals surface area contributed by atoms with Gasteiger partial charge in [-0.05, 0) is 37.1 Å². The average molecular weight is 402 g/mol. The van der Waals surface area contributed by atoms with Gasteiger partial charge in [-0.2, -0.15) is 0 Å². The van der Waals surface area contributed by atoms with Crippen LogP contribution in [0.2, 0.25) is 0 Å². The van der Waals surface area contributed by atoms with Crippen molar-refractivity contribution >= 4 is 26.7 Å². The second-order valence-corrected chi connectivity index (χ2v) is 8.67. The number of aromatic nitrogens is 3. The summed E-state index contributed by atoms with van der Waals surface area (Å²) in [4.78, 5) is 38.3. The summed E-state index contributed by atoms with van der Waals surface area (Å²) in [5, 5.41) is 0.245. The summed E-state index contributed by atoms with van der Waals surface area (Å²) in [5.41, 5.74) is -0.576. The molecule has 1 aromatic carbocycles. The lowest BCUT2D eigenvalue weighted by Gasteiger charge is -2.16. The van der Waals surface area contributed by atoms with Gasteiger partial charge in [-0.15, -0.1) is 0 Å². The van der Waals surface area contributed by atoms with Gasteiger partial charge in [0.15, 0.2) is 0 Å². The van der Waals surface area contributed by atoms with Crippen LogP contribution in [0.1, 0.15) is 18.9 Å². The summed E-state index contributed by atoms with van der Waals surface area (Å²) in [7, 11) is -2.02. The lowest BCUT2D eigenvalue weighted by molar-refractivity contribution is 0.607. The van der Waals surface area contributed by atoms with Crippen LogP contribution in [0.5, 0.6) is 0 Å². The molecule has 0 amide bonds. The Morgan fingerprint density at radius 3 is 2.43 bits per heavy atom. The van der Waals surface area contributed by atoms with Crippen LogP contribution < -0.4 is 21.5 Å². The number of rotatable bonds is 4. The fraction of sp³-hybridized carbons (Fsp3) is 0.278. The number of anilines is 1. The van der Waals surface area contributed by atoms with E-state index >= 15 is 0 Å². The SMILES string of the molecule is Cn1c(=O)ccc2c(=O)n(C3CC3)c(=O)n(-c3cccc(NS(C)(=O)=O)c3)c21. The van der Waals surface area contributed by atoms with Crippen molar-refractivity contribution in [2.75, 3.05) is 11.0 Å². The maximum absolute atomic E-state index is 13.2. The van der Waals surface area contributed by atoms with Gasteiger partial charge >= 0.3 is 5.69 Å². The average Bonchev–Trinajstić information content (AvgIpc) is 3.42. The minimum absolute atomic E-state index is 0.162. The van der Waals surface area contributed by atoms with E-state index in [1.165, 1.54) is 38.9 Å². The van der Waals surface area contributed by atoms with Crippen molar-refractivity contribution in [1.29, 1.82) is 0 Å². The molecular formula is C18H18N4O5S. The lowest BCUT2D eigenvalue weighted by atomic mass is 10.2. The van der Waals surface area contributed by atoms with Crippen molar-refractivity contribution in [2.24, 2.45) is 7.05 Å². The highest BCUT2D eigenvalue weighted by Gasteiger charge is 2.29. The highest BCUT2D eigenvalue weighted by molar-refractivity contribution is 7.92.